The van der Waals surface area contributed by atoms with Crippen LogP contribution in [0.3, 0.4) is 0 Å². The first-order valence-electron chi connectivity index (χ1n) is 5.59. The van der Waals surface area contributed by atoms with E-state index < -0.39 is 0 Å². The molecule has 1 rings (SSSR count). The molecule has 3 heteroatoms. The Balaban J connectivity index is 2.10. The van der Waals surface area contributed by atoms with Gasteiger partial charge in [0.1, 0.15) is 0 Å². The summed E-state index contributed by atoms with van der Waals surface area (Å²) in [5.74, 6) is 0.889. The summed E-state index contributed by atoms with van der Waals surface area (Å²) in [6, 6.07) is 0. The molecule has 0 aromatic carbocycles. The van der Waals surface area contributed by atoms with Crippen molar-refractivity contribution in [2.45, 2.75) is 39.5 Å². The van der Waals surface area contributed by atoms with Crippen molar-refractivity contribution in [3.8, 4) is 0 Å². The third-order valence-electron chi connectivity index (χ3n) is 2.97. The second kappa shape index (κ2) is 4.78. The third-order valence-corrected chi connectivity index (χ3v) is 2.97. The first-order chi connectivity index (χ1) is 6.60. The maximum atomic E-state index is 11.6. The molecule has 0 heterocycles. The van der Waals surface area contributed by atoms with E-state index in [0.29, 0.717) is 6.54 Å². The van der Waals surface area contributed by atoms with Crippen LogP contribution in [-0.4, -0.2) is 19.0 Å². The van der Waals surface area contributed by atoms with Gasteiger partial charge in [0.25, 0.3) is 0 Å². The summed E-state index contributed by atoms with van der Waals surface area (Å²) in [5, 5.41) is 2.97. The molecule has 14 heavy (non-hydrogen) atoms. The molecule has 0 saturated heterocycles. The molecular formula is C11H22N2O. The van der Waals surface area contributed by atoms with E-state index in [2.05, 4.69) is 19.2 Å². The number of rotatable bonds is 6. The van der Waals surface area contributed by atoms with Crippen molar-refractivity contribution in [3.63, 3.8) is 0 Å². The van der Waals surface area contributed by atoms with E-state index in [9.17, 15) is 4.79 Å². The molecule has 0 radical (unpaired) electrons. The lowest BCUT2D eigenvalue weighted by Crippen LogP contribution is -2.37. The zero-order valence-electron chi connectivity index (χ0n) is 9.31. The highest BCUT2D eigenvalue weighted by Gasteiger charge is 2.48. The van der Waals surface area contributed by atoms with Gasteiger partial charge in [0.15, 0.2) is 0 Å². The molecule has 1 aliphatic rings. The van der Waals surface area contributed by atoms with Gasteiger partial charge >= 0.3 is 0 Å². The molecule has 1 fully saturated rings. The van der Waals surface area contributed by atoms with Gasteiger partial charge in [-0.05, 0) is 31.6 Å². The highest BCUT2D eigenvalue weighted by molar-refractivity contribution is 5.85. The van der Waals surface area contributed by atoms with Crippen molar-refractivity contribution in [2.75, 3.05) is 13.1 Å². The average Bonchev–Trinajstić information content (AvgIpc) is 2.92. The maximum absolute atomic E-state index is 11.6. The fourth-order valence-corrected chi connectivity index (χ4v) is 1.57. The highest BCUT2D eigenvalue weighted by atomic mass is 16.2. The third kappa shape index (κ3) is 2.98. The minimum absolute atomic E-state index is 0.170. The van der Waals surface area contributed by atoms with Gasteiger partial charge in [-0.25, -0.2) is 0 Å². The number of hydrogen-bond donors (Lipinski definition) is 2. The van der Waals surface area contributed by atoms with Gasteiger partial charge < -0.3 is 11.1 Å². The zero-order valence-corrected chi connectivity index (χ0v) is 9.31. The summed E-state index contributed by atoms with van der Waals surface area (Å²) in [6.45, 7) is 5.70. The molecule has 0 unspecified atom stereocenters. The Hall–Kier alpha value is -0.570. The first-order valence-corrected chi connectivity index (χ1v) is 5.59. The molecule has 0 atom stereocenters. The average molecular weight is 198 g/mol. The van der Waals surface area contributed by atoms with E-state index in [1.54, 1.807) is 0 Å². The van der Waals surface area contributed by atoms with Gasteiger partial charge in [0, 0.05) is 13.1 Å². The normalized spacial score (nSPS) is 18.3. The van der Waals surface area contributed by atoms with Crippen molar-refractivity contribution in [3.05, 3.63) is 0 Å². The highest BCUT2D eigenvalue weighted by Crippen LogP contribution is 2.44. The topological polar surface area (TPSA) is 55.1 Å². The largest absolute Gasteiger partial charge is 0.356 e. The van der Waals surface area contributed by atoms with E-state index in [4.69, 9.17) is 5.73 Å². The van der Waals surface area contributed by atoms with Gasteiger partial charge in [-0.1, -0.05) is 13.8 Å². The molecule has 1 amide bonds. The smallest absolute Gasteiger partial charge is 0.227 e. The van der Waals surface area contributed by atoms with Crippen molar-refractivity contribution in [1.29, 1.82) is 0 Å². The van der Waals surface area contributed by atoms with Crippen LogP contribution in [0, 0.1) is 11.3 Å². The first kappa shape index (κ1) is 11.5. The SMILES string of the molecule is CC(C)CCCNC(=O)C1(CN)CC1. The van der Waals surface area contributed by atoms with Gasteiger partial charge in [0.2, 0.25) is 5.91 Å². The molecule has 0 bridgehead atoms. The van der Waals surface area contributed by atoms with Gasteiger partial charge in [-0.3, -0.25) is 4.79 Å². The second-order valence-corrected chi connectivity index (χ2v) is 4.78. The summed E-state index contributed by atoms with van der Waals surface area (Å²) in [7, 11) is 0. The van der Waals surface area contributed by atoms with E-state index in [0.717, 1.165) is 31.7 Å². The van der Waals surface area contributed by atoms with Crippen LogP contribution < -0.4 is 11.1 Å². The van der Waals surface area contributed by atoms with Crippen LogP contribution in [0.2, 0.25) is 0 Å². The van der Waals surface area contributed by atoms with E-state index >= 15 is 0 Å². The van der Waals surface area contributed by atoms with E-state index in [-0.39, 0.29) is 11.3 Å². The predicted octanol–water partition coefficient (Wildman–Crippen LogP) is 1.28. The fraction of sp³-hybridized carbons (Fsp3) is 0.909. The summed E-state index contributed by atoms with van der Waals surface area (Å²) in [4.78, 5) is 11.6. The minimum atomic E-state index is -0.183. The molecule has 0 aromatic heterocycles. The van der Waals surface area contributed by atoms with Crippen molar-refractivity contribution >= 4 is 5.91 Å². The summed E-state index contributed by atoms with van der Waals surface area (Å²) >= 11 is 0. The lowest BCUT2D eigenvalue weighted by atomic mass is 10.1. The summed E-state index contributed by atoms with van der Waals surface area (Å²) < 4.78 is 0. The Bertz CT molecular complexity index is 197. The van der Waals surface area contributed by atoms with Crippen LogP contribution in [-0.2, 0) is 4.79 Å². The Morgan fingerprint density at radius 1 is 1.50 bits per heavy atom. The Labute approximate surface area is 86.4 Å². The van der Waals surface area contributed by atoms with Crippen LogP contribution in [0.4, 0.5) is 0 Å². The monoisotopic (exact) mass is 198 g/mol. The minimum Gasteiger partial charge on any atom is -0.356 e. The standard InChI is InChI=1S/C11H22N2O/c1-9(2)4-3-7-13-10(14)11(8-12)5-6-11/h9H,3-8,12H2,1-2H3,(H,13,14). The van der Waals surface area contributed by atoms with Crippen molar-refractivity contribution in [1.82, 2.24) is 5.32 Å². The molecule has 0 spiro atoms. The van der Waals surface area contributed by atoms with Crippen molar-refractivity contribution < 1.29 is 4.79 Å². The Morgan fingerprint density at radius 2 is 2.14 bits per heavy atom. The van der Waals surface area contributed by atoms with E-state index in [1.165, 1.54) is 6.42 Å². The molecule has 0 aromatic rings. The molecule has 1 aliphatic carbocycles. The molecular weight excluding hydrogens is 176 g/mol. The van der Waals surface area contributed by atoms with Gasteiger partial charge in [0.05, 0.1) is 5.41 Å². The van der Waals surface area contributed by atoms with Crippen LogP contribution in [0.25, 0.3) is 0 Å². The van der Waals surface area contributed by atoms with Crippen LogP contribution in [0.5, 0.6) is 0 Å². The Morgan fingerprint density at radius 3 is 2.57 bits per heavy atom. The molecule has 0 aliphatic heterocycles. The molecule has 3 nitrogen and oxygen atoms in total. The number of amides is 1. The lowest BCUT2D eigenvalue weighted by molar-refractivity contribution is -0.125. The maximum Gasteiger partial charge on any atom is 0.227 e. The number of carbonyl (C=O) groups excluding carboxylic acids is 1. The Kier molecular flexibility index (Phi) is 3.93. The number of nitrogens with two attached hydrogens (primary N) is 1. The number of carbonyl (C=O) groups is 1. The zero-order chi connectivity index (χ0) is 10.6. The summed E-state index contributed by atoms with van der Waals surface area (Å²) in [6.07, 6.45) is 4.19. The predicted molar refractivity (Wildman–Crippen MR) is 57.8 cm³/mol. The van der Waals surface area contributed by atoms with Crippen LogP contribution in [0.15, 0.2) is 0 Å². The molecule has 1 saturated carbocycles. The molecule has 82 valence electrons. The quantitative estimate of drug-likeness (QED) is 0.632. The van der Waals surface area contributed by atoms with Crippen LogP contribution in [0.1, 0.15) is 39.5 Å². The lowest BCUT2D eigenvalue weighted by Gasteiger charge is -2.12. The van der Waals surface area contributed by atoms with Crippen molar-refractivity contribution in [2.24, 2.45) is 17.1 Å². The van der Waals surface area contributed by atoms with Gasteiger partial charge in [-0.15, -0.1) is 0 Å². The molecule has 3 N–H and O–H groups in total. The number of hydrogen-bond acceptors (Lipinski definition) is 2. The van der Waals surface area contributed by atoms with Crippen LogP contribution >= 0.6 is 0 Å². The van der Waals surface area contributed by atoms with E-state index in [1.807, 2.05) is 0 Å². The van der Waals surface area contributed by atoms with Gasteiger partial charge in [-0.2, -0.15) is 0 Å². The number of nitrogens with one attached hydrogen (secondary N) is 1. The second-order valence-electron chi connectivity index (χ2n) is 4.78. The summed E-state index contributed by atoms with van der Waals surface area (Å²) in [5.41, 5.74) is 5.38. The fourth-order valence-electron chi connectivity index (χ4n) is 1.57.